The molecule has 2 aliphatic rings. The number of aryl methyl sites for hydroxylation is 1. The lowest BCUT2D eigenvalue weighted by Gasteiger charge is -2.42. The number of benzene rings is 1. The molecule has 2 heterocycles. The molecule has 1 fully saturated rings. The van der Waals surface area contributed by atoms with Gasteiger partial charge in [0.05, 0.1) is 11.7 Å². The van der Waals surface area contributed by atoms with Gasteiger partial charge in [-0.25, -0.2) is 0 Å². The summed E-state index contributed by atoms with van der Waals surface area (Å²) in [7, 11) is 0. The van der Waals surface area contributed by atoms with Crippen LogP contribution in [-0.4, -0.2) is 29.0 Å². The van der Waals surface area contributed by atoms with Crippen molar-refractivity contribution in [3.8, 4) is 0 Å². The van der Waals surface area contributed by atoms with Crippen molar-refractivity contribution in [1.29, 1.82) is 0 Å². The van der Waals surface area contributed by atoms with E-state index in [-0.39, 0.29) is 0 Å². The summed E-state index contributed by atoms with van der Waals surface area (Å²) in [6.07, 6.45) is 8.13. The highest BCUT2D eigenvalue weighted by Crippen LogP contribution is 2.36. The van der Waals surface area contributed by atoms with Crippen molar-refractivity contribution in [2.45, 2.75) is 57.3 Å². The van der Waals surface area contributed by atoms with Crippen LogP contribution >= 0.6 is 0 Å². The van der Waals surface area contributed by atoms with Gasteiger partial charge in [-0.05, 0) is 61.4 Å². The molecule has 1 aromatic carbocycles. The summed E-state index contributed by atoms with van der Waals surface area (Å²) in [5.41, 5.74) is 11.1. The Balaban J connectivity index is 1.62. The number of nitrogens with zero attached hydrogens (tertiary/aromatic N) is 2. The average Bonchev–Trinajstić information content (AvgIpc) is 2.73. The number of hydrogen-bond donors (Lipinski definition) is 2. The summed E-state index contributed by atoms with van der Waals surface area (Å²) in [6.45, 7) is 3.82. The zero-order valence-corrected chi connectivity index (χ0v) is 15.5. The van der Waals surface area contributed by atoms with Crippen molar-refractivity contribution in [3.63, 3.8) is 0 Å². The van der Waals surface area contributed by atoms with Crippen LogP contribution in [0.4, 0.5) is 0 Å². The third-order valence-electron chi connectivity index (χ3n) is 5.93. The molecular weight excluding hydrogens is 320 g/mol. The largest absolute Gasteiger partial charge is 0.326 e. The van der Waals surface area contributed by atoms with Crippen LogP contribution < -0.4 is 11.1 Å². The van der Waals surface area contributed by atoms with Gasteiger partial charge in [0.15, 0.2) is 0 Å². The molecule has 1 aliphatic carbocycles. The standard InChI is InChI=1S/C22H30N4/c23-14-17-8-10-18(11-9-17)16-26(20-6-3-12-24-15-20)21-7-1-4-19-5-2-13-25-22(19)21/h2,5,8-11,13,20-21,24H,1,3-4,6-7,12,14-16,23H2. The van der Waals surface area contributed by atoms with Gasteiger partial charge in [0.2, 0.25) is 0 Å². The van der Waals surface area contributed by atoms with Crippen LogP contribution in [0.2, 0.25) is 0 Å². The molecule has 2 aromatic rings. The van der Waals surface area contributed by atoms with Crippen molar-refractivity contribution < 1.29 is 0 Å². The number of rotatable bonds is 5. The van der Waals surface area contributed by atoms with Gasteiger partial charge in [-0.3, -0.25) is 9.88 Å². The van der Waals surface area contributed by atoms with Gasteiger partial charge in [0.1, 0.15) is 0 Å². The Hall–Kier alpha value is -1.75. The molecule has 26 heavy (non-hydrogen) atoms. The van der Waals surface area contributed by atoms with E-state index < -0.39 is 0 Å². The first-order valence-electron chi connectivity index (χ1n) is 10.0. The lowest BCUT2D eigenvalue weighted by Crippen LogP contribution is -2.47. The van der Waals surface area contributed by atoms with Gasteiger partial charge in [0.25, 0.3) is 0 Å². The zero-order valence-electron chi connectivity index (χ0n) is 15.5. The first-order chi connectivity index (χ1) is 12.8. The molecule has 0 bridgehead atoms. The van der Waals surface area contributed by atoms with Gasteiger partial charge in [-0.2, -0.15) is 0 Å². The van der Waals surface area contributed by atoms with E-state index in [1.807, 2.05) is 6.20 Å². The lowest BCUT2D eigenvalue weighted by molar-refractivity contribution is 0.0893. The Bertz CT molecular complexity index is 706. The second-order valence-corrected chi connectivity index (χ2v) is 7.65. The summed E-state index contributed by atoms with van der Waals surface area (Å²) < 4.78 is 0. The normalized spacial score (nSPS) is 23.0. The third kappa shape index (κ3) is 3.83. The van der Waals surface area contributed by atoms with Crippen molar-refractivity contribution in [3.05, 3.63) is 65.0 Å². The maximum absolute atomic E-state index is 5.76. The number of piperidine rings is 1. The van der Waals surface area contributed by atoms with E-state index in [1.165, 1.54) is 54.5 Å². The van der Waals surface area contributed by atoms with E-state index in [4.69, 9.17) is 10.7 Å². The van der Waals surface area contributed by atoms with Gasteiger partial charge in [-0.15, -0.1) is 0 Å². The van der Waals surface area contributed by atoms with E-state index in [2.05, 4.69) is 46.6 Å². The summed E-state index contributed by atoms with van der Waals surface area (Å²) in [5.74, 6) is 0. The highest BCUT2D eigenvalue weighted by atomic mass is 15.2. The topological polar surface area (TPSA) is 54.2 Å². The molecule has 1 saturated heterocycles. The molecule has 138 valence electrons. The van der Waals surface area contributed by atoms with Crippen LogP contribution in [0.15, 0.2) is 42.6 Å². The van der Waals surface area contributed by atoms with E-state index in [0.29, 0.717) is 18.6 Å². The molecule has 4 heteroatoms. The summed E-state index contributed by atoms with van der Waals surface area (Å²) >= 11 is 0. The van der Waals surface area contributed by atoms with Gasteiger partial charge < -0.3 is 11.1 Å². The lowest BCUT2D eigenvalue weighted by atomic mass is 9.88. The smallest absolute Gasteiger partial charge is 0.0607 e. The zero-order chi connectivity index (χ0) is 17.8. The minimum atomic E-state index is 0.430. The van der Waals surface area contributed by atoms with Crippen molar-refractivity contribution >= 4 is 0 Å². The predicted octanol–water partition coefficient (Wildman–Crippen LogP) is 3.17. The van der Waals surface area contributed by atoms with Crippen LogP contribution in [-0.2, 0) is 19.5 Å². The average molecular weight is 351 g/mol. The molecule has 4 rings (SSSR count). The minimum absolute atomic E-state index is 0.430. The number of nitrogens with one attached hydrogen (secondary N) is 1. The predicted molar refractivity (Wildman–Crippen MR) is 106 cm³/mol. The van der Waals surface area contributed by atoms with E-state index in [0.717, 1.165) is 19.6 Å². The van der Waals surface area contributed by atoms with Crippen LogP contribution in [0.1, 0.15) is 54.1 Å². The van der Waals surface area contributed by atoms with E-state index in [9.17, 15) is 0 Å². The SMILES string of the molecule is NCc1ccc(CN(C2CCCNC2)C2CCCc3cccnc32)cc1. The van der Waals surface area contributed by atoms with Crippen LogP contribution in [0, 0.1) is 0 Å². The van der Waals surface area contributed by atoms with Crippen molar-refractivity contribution in [1.82, 2.24) is 15.2 Å². The van der Waals surface area contributed by atoms with Crippen molar-refractivity contribution in [2.75, 3.05) is 13.1 Å². The van der Waals surface area contributed by atoms with Crippen molar-refractivity contribution in [2.24, 2.45) is 5.73 Å². The second-order valence-electron chi connectivity index (χ2n) is 7.65. The van der Waals surface area contributed by atoms with Gasteiger partial charge in [0, 0.05) is 31.9 Å². The quantitative estimate of drug-likeness (QED) is 0.870. The fourth-order valence-electron chi connectivity index (χ4n) is 4.51. The fraction of sp³-hybridized carbons (Fsp3) is 0.500. The Labute approximate surface area is 156 Å². The molecule has 1 aromatic heterocycles. The molecular formula is C22H30N4. The first kappa shape index (κ1) is 17.7. The molecule has 4 nitrogen and oxygen atoms in total. The van der Waals surface area contributed by atoms with Gasteiger partial charge >= 0.3 is 0 Å². The van der Waals surface area contributed by atoms with E-state index in [1.54, 1.807) is 0 Å². The Morgan fingerprint density at radius 2 is 1.92 bits per heavy atom. The number of hydrogen-bond acceptors (Lipinski definition) is 4. The molecule has 0 saturated carbocycles. The van der Waals surface area contributed by atoms with E-state index >= 15 is 0 Å². The van der Waals surface area contributed by atoms with Crippen LogP contribution in [0.3, 0.4) is 0 Å². The minimum Gasteiger partial charge on any atom is -0.326 e. The maximum Gasteiger partial charge on any atom is 0.0607 e. The molecule has 0 spiro atoms. The summed E-state index contributed by atoms with van der Waals surface area (Å²) in [4.78, 5) is 7.52. The highest BCUT2D eigenvalue weighted by molar-refractivity contribution is 5.27. The molecule has 2 unspecified atom stereocenters. The third-order valence-corrected chi connectivity index (χ3v) is 5.93. The molecule has 3 N–H and O–H groups in total. The number of aromatic nitrogens is 1. The maximum atomic E-state index is 5.76. The number of nitrogens with two attached hydrogens (primary N) is 1. The van der Waals surface area contributed by atoms with Gasteiger partial charge in [-0.1, -0.05) is 30.3 Å². The fourth-order valence-corrected chi connectivity index (χ4v) is 4.51. The highest BCUT2D eigenvalue weighted by Gasteiger charge is 2.32. The summed E-state index contributed by atoms with van der Waals surface area (Å²) in [6, 6.07) is 14.2. The van der Waals surface area contributed by atoms with Crippen LogP contribution in [0.25, 0.3) is 0 Å². The summed E-state index contributed by atoms with van der Waals surface area (Å²) in [5, 5.41) is 3.60. The molecule has 0 radical (unpaired) electrons. The molecule has 0 amide bonds. The number of fused-ring (bicyclic) bond motifs is 1. The first-order valence-corrected chi connectivity index (χ1v) is 10.0. The Morgan fingerprint density at radius 3 is 2.69 bits per heavy atom. The molecule has 1 aliphatic heterocycles. The number of pyridine rings is 1. The van der Waals surface area contributed by atoms with Crippen LogP contribution in [0.5, 0.6) is 0 Å². The Morgan fingerprint density at radius 1 is 1.08 bits per heavy atom. The second kappa shape index (κ2) is 8.30. The Kier molecular flexibility index (Phi) is 5.63. The molecule has 2 atom stereocenters. The monoisotopic (exact) mass is 350 g/mol.